The Hall–Kier alpha value is -2.99. The number of benzene rings is 1. The van der Waals surface area contributed by atoms with Crippen LogP contribution in [0.3, 0.4) is 0 Å². The summed E-state index contributed by atoms with van der Waals surface area (Å²) in [6.45, 7) is -1.03. The van der Waals surface area contributed by atoms with Crippen LogP contribution in [0.4, 0.5) is 13.6 Å². The van der Waals surface area contributed by atoms with E-state index < -0.39 is 24.7 Å². The molecule has 0 unspecified atom stereocenters. The summed E-state index contributed by atoms with van der Waals surface area (Å²) in [6.07, 6.45) is -1.66. The number of carbonyl (C=O) groups is 1. The maximum absolute atomic E-state index is 14.2. The highest BCUT2D eigenvalue weighted by Gasteiger charge is 2.48. The molecule has 0 spiro atoms. The molecule has 1 N–H and O–H groups in total. The van der Waals surface area contributed by atoms with Gasteiger partial charge in [0.2, 0.25) is 5.28 Å². The SMILES string of the molecule is N#Cc1cc(-c2ccnc(Cl)n2)ccc1O[C@H]1CCN(C(=O)O)CC1(F)F. The van der Waals surface area contributed by atoms with Crippen molar-refractivity contribution in [3.8, 4) is 23.1 Å². The van der Waals surface area contributed by atoms with Crippen LogP contribution in [0.2, 0.25) is 5.28 Å². The van der Waals surface area contributed by atoms with E-state index in [2.05, 4.69) is 9.97 Å². The number of carboxylic acid groups (broad SMARTS) is 1. The molecule has 2 aromatic rings. The standard InChI is InChI=1S/C17H13ClF2N4O3/c18-15-22-5-3-12(23-15)10-1-2-13(11(7-10)8-21)27-14-4-6-24(16(25)26)9-17(14,19)20/h1-3,5,7,14H,4,6,9H2,(H,25,26)/t14-/m0/s1. The maximum Gasteiger partial charge on any atom is 0.407 e. The molecule has 3 rings (SSSR count). The zero-order chi connectivity index (χ0) is 19.6. The van der Waals surface area contributed by atoms with Crippen molar-refractivity contribution in [1.29, 1.82) is 5.26 Å². The van der Waals surface area contributed by atoms with Crippen LogP contribution in [0.5, 0.6) is 5.75 Å². The van der Waals surface area contributed by atoms with E-state index in [-0.39, 0.29) is 29.6 Å². The number of piperidine rings is 1. The van der Waals surface area contributed by atoms with E-state index in [0.717, 1.165) is 0 Å². The summed E-state index contributed by atoms with van der Waals surface area (Å²) in [4.78, 5) is 19.3. The van der Waals surface area contributed by atoms with Gasteiger partial charge in [0.05, 0.1) is 17.8 Å². The Balaban J connectivity index is 1.83. The summed E-state index contributed by atoms with van der Waals surface area (Å²) < 4.78 is 33.9. The zero-order valence-electron chi connectivity index (χ0n) is 13.8. The Morgan fingerprint density at radius 3 is 2.85 bits per heavy atom. The second kappa shape index (κ2) is 7.32. The monoisotopic (exact) mass is 394 g/mol. The fourth-order valence-corrected chi connectivity index (χ4v) is 2.90. The lowest BCUT2D eigenvalue weighted by Gasteiger charge is -2.36. The van der Waals surface area contributed by atoms with Crippen LogP contribution in [-0.4, -0.2) is 51.2 Å². The van der Waals surface area contributed by atoms with Crippen molar-refractivity contribution in [2.45, 2.75) is 18.4 Å². The van der Waals surface area contributed by atoms with E-state index in [1.807, 2.05) is 6.07 Å². The molecule has 0 aliphatic carbocycles. The second-order valence-electron chi connectivity index (χ2n) is 5.89. The first-order valence-corrected chi connectivity index (χ1v) is 8.23. The van der Waals surface area contributed by atoms with Gasteiger partial charge in [-0.1, -0.05) is 0 Å². The zero-order valence-corrected chi connectivity index (χ0v) is 14.5. The van der Waals surface area contributed by atoms with Crippen LogP contribution in [0.15, 0.2) is 30.5 Å². The summed E-state index contributed by atoms with van der Waals surface area (Å²) in [6, 6.07) is 7.94. The van der Waals surface area contributed by atoms with Gasteiger partial charge in [-0.2, -0.15) is 5.26 Å². The van der Waals surface area contributed by atoms with E-state index >= 15 is 0 Å². The van der Waals surface area contributed by atoms with Crippen molar-refractivity contribution in [3.63, 3.8) is 0 Å². The third-order valence-corrected chi connectivity index (χ3v) is 4.28. The van der Waals surface area contributed by atoms with Gasteiger partial charge in [-0.3, -0.25) is 0 Å². The number of rotatable bonds is 3. The first kappa shape index (κ1) is 18.8. The molecule has 1 aromatic heterocycles. The number of aromatic nitrogens is 2. The summed E-state index contributed by atoms with van der Waals surface area (Å²) in [5.74, 6) is -3.38. The normalized spacial score (nSPS) is 18.6. The Morgan fingerprint density at radius 2 is 2.22 bits per heavy atom. The first-order chi connectivity index (χ1) is 12.8. The quantitative estimate of drug-likeness (QED) is 0.800. The van der Waals surface area contributed by atoms with Crippen molar-refractivity contribution in [2.75, 3.05) is 13.1 Å². The number of hydrogen-bond acceptors (Lipinski definition) is 5. The Morgan fingerprint density at radius 1 is 1.44 bits per heavy atom. The molecule has 2 heterocycles. The fourth-order valence-electron chi connectivity index (χ4n) is 2.76. The molecule has 1 aliphatic heterocycles. The molecular formula is C17H13ClF2N4O3. The molecule has 0 radical (unpaired) electrons. The Bertz CT molecular complexity index is 919. The van der Waals surface area contributed by atoms with Crippen LogP contribution < -0.4 is 4.74 Å². The molecule has 0 saturated carbocycles. The number of nitrogens with zero attached hydrogens (tertiary/aromatic N) is 4. The van der Waals surface area contributed by atoms with Crippen molar-refractivity contribution in [1.82, 2.24) is 14.9 Å². The van der Waals surface area contributed by atoms with Crippen molar-refractivity contribution in [3.05, 3.63) is 41.3 Å². The average Bonchev–Trinajstić information content (AvgIpc) is 2.63. The maximum atomic E-state index is 14.2. The van der Waals surface area contributed by atoms with Crippen LogP contribution in [0.1, 0.15) is 12.0 Å². The minimum atomic E-state index is -3.37. The number of amides is 1. The van der Waals surface area contributed by atoms with E-state index in [1.165, 1.54) is 18.3 Å². The lowest BCUT2D eigenvalue weighted by Crippen LogP contribution is -2.55. The third kappa shape index (κ3) is 4.06. The lowest BCUT2D eigenvalue weighted by atomic mass is 10.0. The molecule has 7 nitrogen and oxygen atoms in total. The minimum Gasteiger partial charge on any atom is -0.483 e. The van der Waals surface area contributed by atoms with Gasteiger partial charge in [-0.05, 0) is 35.9 Å². The van der Waals surface area contributed by atoms with Gasteiger partial charge in [0.25, 0.3) is 0 Å². The first-order valence-electron chi connectivity index (χ1n) is 7.85. The second-order valence-corrected chi connectivity index (χ2v) is 6.23. The summed E-state index contributed by atoms with van der Waals surface area (Å²) in [7, 11) is 0. The average molecular weight is 395 g/mol. The third-order valence-electron chi connectivity index (χ3n) is 4.10. The minimum absolute atomic E-state index is 0.00477. The van der Waals surface area contributed by atoms with Crippen LogP contribution in [0, 0.1) is 11.3 Å². The predicted octanol–water partition coefficient (Wildman–Crippen LogP) is 3.44. The molecule has 1 atom stereocenters. The van der Waals surface area contributed by atoms with Crippen molar-refractivity contribution >= 4 is 17.7 Å². The van der Waals surface area contributed by atoms with E-state index in [0.29, 0.717) is 16.2 Å². The van der Waals surface area contributed by atoms with Gasteiger partial charge < -0.3 is 14.7 Å². The van der Waals surface area contributed by atoms with E-state index in [9.17, 15) is 18.8 Å². The Labute approximate surface area is 157 Å². The number of likely N-dealkylation sites (tertiary alicyclic amines) is 1. The predicted molar refractivity (Wildman–Crippen MR) is 90.8 cm³/mol. The van der Waals surface area contributed by atoms with Crippen LogP contribution in [-0.2, 0) is 0 Å². The molecule has 1 amide bonds. The van der Waals surface area contributed by atoms with Gasteiger partial charge in [0.1, 0.15) is 11.8 Å². The number of alkyl halides is 2. The molecule has 0 bridgehead atoms. The highest BCUT2D eigenvalue weighted by molar-refractivity contribution is 6.28. The van der Waals surface area contributed by atoms with Crippen molar-refractivity contribution < 1.29 is 23.4 Å². The largest absolute Gasteiger partial charge is 0.483 e. The van der Waals surface area contributed by atoms with Gasteiger partial charge in [0.15, 0.2) is 6.10 Å². The van der Waals surface area contributed by atoms with Crippen molar-refractivity contribution in [2.24, 2.45) is 0 Å². The fraction of sp³-hybridized carbons (Fsp3) is 0.294. The number of ether oxygens (including phenoxy) is 1. The van der Waals surface area contributed by atoms with Crippen LogP contribution in [0.25, 0.3) is 11.3 Å². The summed E-state index contributed by atoms with van der Waals surface area (Å²) >= 11 is 5.75. The number of nitriles is 1. The summed E-state index contributed by atoms with van der Waals surface area (Å²) in [5, 5.41) is 18.3. The number of hydrogen-bond donors (Lipinski definition) is 1. The summed E-state index contributed by atoms with van der Waals surface area (Å²) in [5.41, 5.74) is 1.08. The highest BCUT2D eigenvalue weighted by atomic mass is 35.5. The highest BCUT2D eigenvalue weighted by Crippen LogP contribution is 2.33. The topological polar surface area (TPSA) is 99.3 Å². The van der Waals surface area contributed by atoms with E-state index in [1.54, 1.807) is 12.1 Å². The molecule has 1 saturated heterocycles. The molecule has 27 heavy (non-hydrogen) atoms. The van der Waals surface area contributed by atoms with Crippen LogP contribution >= 0.6 is 11.6 Å². The van der Waals surface area contributed by atoms with Gasteiger partial charge in [-0.25, -0.2) is 23.5 Å². The molecule has 1 aliphatic rings. The Kier molecular flexibility index (Phi) is 5.10. The molecule has 1 fully saturated rings. The number of halogens is 3. The lowest BCUT2D eigenvalue weighted by molar-refractivity contribution is -0.133. The van der Waals surface area contributed by atoms with Gasteiger partial charge in [-0.15, -0.1) is 0 Å². The molecule has 1 aromatic carbocycles. The van der Waals surface area contributed by atoms with Gasteiger partial charge >= 0.3 is 12.0 Å². The molecule has 140 valence electrons. The van der Waals surface area contributed by atoms with E-state index in [4.69, 9.17) is 21.4 Å². The molecular weight excluding hydrogens is 382 g/mol. The molecule has 10 heteroatoms. The smallest absolute Gasteiger partial charge is 0.407 e. The van der Waals surface area contributed by atoms with Gasteiger partial charge in [0, 0.05) is 24.7 Å².